The largest absolute Gasteiger partial charge is 0.468 e. The van der Waals surface area contributed by atoms with Crippen molar-refractivity contribution in [2.45, 2.75) is 25.3 Å². The van der Waals surface area contributed by atoms with E-state index < -0.39 is 5.82 Å². The molecule has 1 amide bonds. The van der Waals surface area contributed by atoms with Crippen LogP contribution in [0.15, 0.2) is 36.5 Å². The van der Waals surface area contributed by atoms with Crippen molar-refractivity contribution in [3.05, 3.63) is 52.9 Å². The number of rotatable bonds is 4. The van der Waals surface area contributed by atoms with Crippen LogP contribution in [-0.4, -0.2) is 45.5 Å². The van der Waals surface area contributed by atoms with Crippen molar-refractivity contribution in [2.24, 2.45) is 0 Å². The third-order valence-corrected chi connectivity index (χ3v) is 5.23. The number of hydrogen-bond acceptors (Lipinski definition) is 4. The molecule has 146 valence electrons. The predicted octanol–water partition coefficient (Wildman–Crippen LogP) is 3.64. The Morgan fingerprint density at radius 3 is 3.04 bits per heavy atom. The van der Waals surface area contributed by atoms with Gasteiger partial charge in [-0.3, -0.25) is 9.36 Å². The molecule has 1 atom stereocenters. The zero-order valence-electron chi connectivity index (χ0n) is 15.4. The van der Waals surface area contributed by atoms with Gasteiger partial charge in [0.25, 0.3) is 6.01 Å². The van der Waals surface area contributed by atoms with Gasteiger partial charge in [-0.25, -0.2) is 9.37 Å². The Balaban J connectivity index is 1.55. The molecule has 1 aliphatic rings. The van der Waals surface area contributed by atoms with E-state index in [9.17, 15) is 9.18 Å². The quantitative estimate of drug-likeness (QED) is 0.668. The second-order valence-corrected chi connectivity index (χ2v) is 7.34. The van der Waals surface area contributed by atoms with E-state index in [1.54, 1.807) is 19.4 Å². The number of nitrogens with zero attached hydrogens (tertiary/aromatic N) is 4. The highest BCUT2D eigenvalue weighted by molar-refractivity contribution is 6.30. The molecule has 0 radical (unpaired) electrons. The molecule has 1 fully saturated rings. The molecular weight excluding hydrogens is 383 g/mol. The summed E-state index contributed by atoms with van der Waals surface area (Å²) in [7, 11) is 1.58. The lowest BCUT2D eigenvalue weighted by Gasteiger charge is -2.34. The van der Waals surface area contributed by atoms with Crippen LogP contribution in [0, 0.1) is 5.82 Å². The van der Waals surface area contributed by atoms with Crippen LogP contribution >= 0.6 is 11.6 Å². The summed E-state index contributed by atoms with van der Waals surface area (Å²) in [5, 5.41) is 0.293. The number of aromatic nitrogens is 3. The molecule has 0 saturated carbocycles. The number of methoxy groups -OCH3 is 1. The summed E-state index contributed by atoms with van der Waals surface area (Å²) in [6.45, 7) is 1.21. The van der Waals surface area contributed by atoms with Crippen LogP contribution in [0.1, 0.15) is 24.4 Å². The highest BCUT2D eigenvalue weighted by atomic mass is 35.5. The van der Waals surface area contributed by atoms with Crippen LogP contribution in [-0.2, 0) is 11.2 Å². The standard InChI is InChI=1S/C20H20ClFN4O2/c1-28-20-24-19-17(5-2-6-23-19)26(20)16-4-3-7-25(12-16)18(27)10-13-8-14(21)11-15(22)9-13/h2,5-6,8-9,11,16H,3-4,7,10,12H2,1H3/t16-/m0/s1. The molecule has 0 bridgehead atoms. The summed E-state index contributed by atoms with van der Waals surface area (Å²) in [5.74, 6) is -0.484. The third kappa shape index (κ3) is 3.67. The average molecular weight is 403 g/mol. The first-order valence-electron chi connectivity index (χ1n) is 9.15. The van der Waals surface area contributed by atoms with E-state index in [1.807, 2.05) is 21.6 Å². The monoisotopic (exact) mass is 402 g/mol. The lowest BCUT2D eigenvalue weighted by Crippen LogP contribution is -2.41. The van der Waals surface area contributed by atoms with Gasteiger partial charge in [-0.15, -0.1) is 0 Å². The van der Waals surface area contributed by atoms with Gasteiger partial charge >= 0.3 is 0 Å². The van der Waals surface area contributed by atoms with Crippen LogP contribution < -0.4 is 4.74 Å². The van der Waals surface area contributed by atoms with Crippen LogP contribution in [0.2, 0.25) is 5.02 Å². The molecule has 28 heavy (non-hydrogen) atoms. The van der Waals surface area contributed by atoms with E-state index in [-0.39, 0.29) is 18.4 Å². The fourth-order valence-corrected chi connectivity index (χ4v) is 4.04. The molecule has 0 N–H and O–H groups in total. The first kappa shape index (κ1) is 18.7. The van der Waals surface area contributed by atoms with E-state index in [0.29, 0.717) is 35.3 Å². The number of hydrogen-bond donors (Lipinski definition) is 0. The molecule has 3 heterocycles. The van der Waals surface area contributed by atoms with Gasteiger partial charge in [-0.1, -0.05) is 11.6 Å². The van der Waals surface area contributed by atoms with Gasteiger partial charge in [0.1, 0.15) is 5.82 Å². The second-order valence-electron chi connectivity index (χ2n) is 6.90. The molecule has 4 rings (SSSR count). The smallest absolute Gasteiger partial charge is 0.298 e. The minimum Gasteiger partial charge on any atom is -0.468 e. The minimum atomic E-state index is -0.436. The molecule has 8 heteroatoms. The maximum atomic E-state index is 13.6. The van der Waals surface area contributed by atoms with Crippen molar-refractivity contribution in [3.8, 4) is 6.01 Å². The van der Waals surface area contributed by atoms with Crippen molar-refractivity contribution in [3.63, 3.8) is 0 Å². The number of imidazole rings is 1. The summed E-state index contributed by atoms with van der Waals surface area (Å²) in [5.41, 5.74) is 2.08. The van der Waals surface area contributed by atoms with Gasteiger partial charge < -0.3 is 9.64 Å². The predicted molar refractivity (Wildman–Crippen MR) is 104 cm³/mol. The van der Waals surface area contributed by atoms with Crippen LogP contribution in [0.5, 0.6) is 6.01 Å². The molecule has 0 unspecified atom stereocenters. The Kier molecular flexibility index (Phi) is 5.17. The normalized spacial score (nSPS) is 17.1. The van der Waals surface area contributed by atoms with Crippen molar-refractivity contribution < 1.29 is 13.9 Å². The average Bonchev–Trinajstić information content (AvgIpc) is 3.06. The van der Waals surface area contributed by atoms with Crippen molar-refractivity contribution in [2.75, 3.05) is 20.2 Å². The first-order chi connectivity index (χ1) is 13.5. The second kappa shape index (κ2) is 7.75. The zero-order chi connectivity index (χ0) is 19.7. The Morgan fingerprint density at radius 1 is 1.39 bits per heavy atom. The lowest BCUT2D eigenvalue weighted by molar-refractivity contribution is -0.132. The SMILES string of the molecule is COc1nc2ncccc2n1[C@H]1CCCN(C(=O)Cc2cc(F)cc(Cl)c2)C1. The summed E-state index contributed by atoms with van der Waals surface area (Å²) in [6.07, 6.45) is 3.59. The topological polar surface area (TPSA) is 60.3 Å². The van der Waals surface area contributed by atoms with Gasteiger partial charge in [-0.2, -0.15) is 4.98 Å². The zero-order valence-corrected chi connectivity index (χ0v) is 16.2. The number of benzene rings is 1. The Bertz CT molecular complexity index is 1000. The number of amides is 1. The van der Waals surface area contributed by atoms with E-state index in [1.165, 1.54) is 12.1 Å². The summed E-state index contributed by atoms with van der Waals surface area (Å²) in [6, 6.07) is 8.55. The first-order valence-corrected chi connectivity index (χ1v) is 9.52. The van der Waals surface area contributed by atoms with Gasteiger partial charge in [0.2, 0.25) is 5.91 Å². The molecule has 0 aliphatic carbocycles. The molecule has 0 spiro atoms. The maximum Gasteiger partial charge on any atom is 0.298 e. The molecule has 3 aromatic rings. The fraction of sp³-hybridized carbons (Fsp3) is 0.350. The van der Waals surface area contributed by atoms with Crippen molar-refractivity contribution in [1.82, 2.24) is 19.4 Å². The minimum absolute atomic E-state index is 0.0398. The van der Waals surface area contributed by atoms with Crippen LogP contribution in [0.3, 0.4) is 0 Å². The molecule has 1 aliphatic heterocycles. The Hall–Kier alpha value is -2.67. The van der Waals surface area contributed by atoms with E-state index in [4.69, 9.17) is 16.3 Å². The number of halogens is 2. The Labute approximate surface area is 166 Å². The molecule has 2 aromatic heterocycles. The molecule has 1 aromatic carbocycles. The van der Waals surface area contributed by atoms with Gasteiger partial charge in [0.15, 0.2) is 5.65 Å². The number of fused-ring (bicyclic) bond motifs is 1. The number of ether oxygens (including phenoxy) is 1. The number of pyridine rings is 1. The number of piperidine rings is 1. The molecule has 6 nitrogen and oxygen atoms in total. The lowest BCUT2D eigenvalue weighted by atomic mass is 10.0. The maximum absolute atomic E-state index is 13.6. The molecular formula is C20H20ClFN4O2. The van der Waals surface area contributed by atoms with Crippen LogP contribution in [0.25, 0.3) is 11.2 Å². The van der Waals surface area contributed by atoms with Gasteiger partial charge in [-0.05, 0) is 48.7 Å². The van der Waals surface area contributed by atoms with Crippen LogP contribution in [0.4, 0.5) is 4.39 Å². The number of carbonyl (C=O) groups excluding carboxylic acids is 1. The van der Waals surface area contributed by atoms with E-state index in [0.717, 1.165) is 18.4 Å². The summed E-state index contributed by atoms with van der Waals surface area (Å²) < 4.78 is 21.0. The van der Waals surface area contributed by atoms with Crippen molar-refractivity contribution in [1.29, 1.82) is 0 Å². The van der Waals surface area contributed by atoms with E-state index >= 15 is 0 Å². The Morgan fingerprint density at radius 2 is 2.25 bits per heavy atom. The fourth-order valence-electron chi connectivity index (χ4n) is 3.80. The number of likely N-dealkylation sites (tertiary alicyclic amines) is 1. The van der Waals surface area contributed by atoms with Gasteiger partial charge in [0.05, 0.1) is 25.1 Å². The van der Waals surface area contributed by atoms with E-state index in [2.05, 4.69) is 9.97 Å². The number of carbonyl (C=O) groups is 1. The summed E-state index contributed by atoms with van der Waals surface area (Å²) >= 11 is 5.90. The third-order valence-electron chi connectivity index (χ3n) is 5.01. The highest BCUT2D eigenvalue weighted by Crippen LogP contribution is 2.30. The highest BCUT2D eigenvalue weighted by Gasteiger charge is 2.28. The molecule has 1 saturated heterocycles. The van der Waals surface area contributed by atoms with Crippen molar-refractivity contribution >= 4 is 28.7 Å². The summed E-state index contributed by atoms with van der Waals surface area (Å²) in [4.78, 5) is 23.4. The van der Waals surface area contributed by atoms with Gasteiger partial charge in [0, 0.05) is 24.3 Å².